The van der Waals surface area contributed by atoms with Crippen molar-refractivity contribution in [2.45, 2.75) is 345 Å². The first-order chi connectivity index (χ1) is 66.9. The van der Waals surface area contributed by atoms with Crippen LogP contribution in [-0.2, 0) is 33.3 Å². The van der Waals surface area contributed by atoms with Gasteiger partial charge in [0.15, 0.2) is 0 Å². The normalized spacial score (nSPS) is 21.8. The van der Waals surface area contributed by atoms with Crippen LogP contribution in [-0.4, -0.2) is 133 Å². The molecule has 15 atom stereocenters. The minimum atomic E-state index is -0.652. The molecule has 7 fully saturated rings. The Hall–Kier alpha value is -9.46. The first-order valence-electron chi connectivity index (χ1n) is 53.1. The Balaban J connectivity index is 0.000000182. The Bertz CT molecular complexity index is 4710. The molecule has 139 heavy (non-hydrogen) atoms. The Morgan fingerprint density at radius 3 is 1.14 bits per heavy atom. The van der Waals surface area contributed by atoms with Crippen molar-refractivity contribution in [3.8, 4) is 46.0 Å². The summed E-state index contributed by atoms with van der Waals surface area (Å²) in [7, 11) is 1.84. The molecule has 2 amide bonds. The number of hydrogen-bond donors (Lipinski definition) is 4. The van der Waals surface area contributed by atoms with Crippen LogP contribution in [0, 0.1) is 40.9 Å². The van der Waals surface area contributed by atoms with Crippen molar-refractivity contribution in [3.05, 3.63) is 263 Å². The zero-order chi connectivity index (χ0) is 101. The summed E-state index contributed by atoms with van der Waals surface area (Å²) in [6.45, 7) is 46.3. The monoisotopic (exact) mass is 1910 g/mol. The molecular formula is C122H174N2O15. The first kappa shape index (κ1) is 113. The van der Waals surface area contributed by atoms with Crippen molar-refractivity contribution < 1.29 is 72.6 Å². The Labute approximate surface area is 836 Å². The molecule has 762 valence electrons. The van der Waals surface area contributed by atoms with E-state index in [4.69, 9.17) is 63.1 Å². The molecule has 9 aliphatic rings. The van der Waals surface area contributed by atoms with Crippen LogP contribution in [0.5, 0.6) is 46.0 Å². The van der Waals surface area contributed by atoms with Gasteiger partial charge in [-0.3, -0.25) is 19.4 Å². The highest BCUT2D eigenvalue weighted by Crippen LogP contribution is 2.62. The summed E-state index contributed by atoms with van der Waals surface area (Å²) >= 11 is 0. The SMILES string of the molecule is CCC(C)c1ccc(O)cc1.CCC(C)c1ccc(O)cc1.CCC(C)c1ccc(OC(CN2C(=O)C=CC2=O)OC2CCCC2)cc1.CCC(C)c1ccc(OC(CN2CCOCC2)OC(C)C)cc1.CCC(C)c1cccc(O)c1.CCC(C)c1cccc(O)c1.CCC(C)c1cccc(OC(OC)C23CC4CC(CC(C4)C2)C3)c1.CCOC(Oc1cccc(C(C)CC)c1)C1CC2C=CC1C2. The molecule has 6 saturated carbocycles. The van der Waals surface area contributed by atoms with Crippen molar-refractivity contribution in [1.29, 1.82) is 0 Å². The summed E-state index contributed by atoms with van der Waals surface area (Å²) in [5.74, 6) is 13.4. The third kappa shape index (κ3) is 36.5. The maximum Gasteiger partial charge on any atom is 0.253 e. The number of rotatable bonds is 37. The molecule has 17 nitrogen and oxygen atoms in total. The molecule has 4 N–H and O–H groups in total. The van der Waals surface area contributed by atoms with Crippen LogP contribution >= 0.6 is 0 Å². The number of phenols is 4. The highest BCUT2D eigenvalue weighted by Gasteiger charge is 2.56. The summed E-state index contributed by atoms with van der Waals surface area (Å²) in [5, 5.41) is 36.3. The molecule has 2 aliphatic heterocycles. The van der Waals surface area contributed by atoms with Gasteiger partial charge in [-0.2, -0.15) is 0 Å². The van der Waals surface area contributed by atoms with E-state index in [2.05, 4.69) is 220 Å². The Morgan fingerprint density at radius 1 is 0.396 bits per heavy atom. The zero-order valence-corrected chi connectivity index (χ0v) is 88.1. The number of fused-ring (bicyclic) bond motifs is 2. The third-order valence-corrected chi connectivity index (χ3v) is 30.1. The number of methoxy groups -OCH3 is 1. The predicted molar refractivity (Wildman–Crippen MR) is 566 cm³/mol. The lowest BCUT2D eigenvalue weighted by molar-refractivity contribution is -0.204. The summed E-state index contributed by atoms with van der Waals surface area (Å²) in [5.41, 5.74) is 10.6. The zero-order valence-electron chi connectivity index (χ0n) is 88.1. The van der Waals surface area contributed by atoms with Crippen LogP contribution in [0.25, 0.3) is 0 Å². The van der Waals surface area contributed by atoms with E-state index in [0.29, 0.717) is 94.5 Å². The molecule has 1 saturated heterocycles. The van der Waals surface area contributed by atoms with Gasteiger partial charge in [0.1, 0.15) is 46.0 Å². The average Bonchev–Trinajstić information content (AvgIpc) is 1.13. The van der Waals surface area contributed by atoms with Crippen molar-refractivity contribution in [3.63, 3.8) is 0 Å². The smallest absolute Gasteiger partial charge is 0.253 e. The highest BCUT2D eigenvalue weighted by atomic mass is 16.7. The summed E-state index contributed by atoms with van der Waals surface area (Å²) in [6.07, 6.45) is 30.6. The standard InChI is InChI=1S/C22H32O2.C21H27NO4.C20H28O2.C19H31NO3.4C10H14O/c1-4-15(2)19-6-5-7-20(11-19)24-21(23-3)22-12-16-8-17(13-22)10-18(9-16)14-22;1-3-15(2)16-8-10-18(11-9-16)26-21(25-17-6-4-5-7-17)14-22-19(23)12-13-20(22)24;1-4-14(3)16-7-6-8-18(13-16)22-20(21-5-2)19-12-15-9-10-17(19)11-15;1-5-16(4)17-6-8-18(9-7-17)23-19(22-15(2)3)14-20-10-12-21-13-11-20;2*1-3-8(2)9-4-6-10(11)7-5-9;2*1-3-8(2)9-5-4-6-10(11)7-9/h5-7,11,15-18,21H,4,8-10,12-14H2,1-3H3;8-13,15,17,21H,3-7,14H2,1-2H3;6-10,13-15,17,19-20H,4-5,11-12H2,1-3H3;6-9,15-16,19H,5,10-14H2,1-4H3;4*4-8,11H,3H2,1-2H3. The number of carbonyl (C=O) groups excluding carboxylic acids is 2. The van der Waals surface area contributed by atoms with Gasteiger partial charge in [-0.05, 0) is 355 Å². The van der Waals surface area contributed by atoms with Gasteiger partial charge in [0.25, 0.3) is 11.8 Å². The van der Waals surface area contributed by atoms with Gasteiger partial charge in [0, 0.05) is 50.3 Å². The Morgan fingerprint density at radius 2 is 0.777 bits per heavy atom. The molecule has 8 aromatic carbocycles. The number of aromatic hydroxyl groups is 4. The second kappa shape index (κ2) is 58.8. The predicted octanol–water partition coefficient (Wildman–Crippen LogP) is 30.0. The van der Waals surface area contributed by atoms with E-state index in [0.717, 1.165) is 151 Å². The highest BCUT2D eigenvalue weighted by molar-refractivity contribution is 6.12. The number of hydrogen-bond acceptors (Lipinski definition) is 16. The van der Waals surface area contributed by atoms with E-state index in [1.165, 1.54) is 113 Å². The maximum absolute atomic E-state index is 11.9. The van der Waals surface area contributed by atoms with E-state index in [-0.39, 0.29) is 54.9 Å². The minimum Gasteiger partial charge on any atom is -0.508 e. The molecule has 2 heterocycles. The van der Waals surface area contributed by atoms with Crippen molar-refractivity contribution in [2.75, 3.05) is 53.1 Å². The number of amides is 2. The van der Waals surface area contributed by atoms with Crippen LogP contribution in [0.15, 0.2) is 218 Å². The number of ether oxygens (including phenoxy) is 9. The molecule has 15 unspecified atom stereocenters. The second-order valence-electron chi connectivity index (χ2n) is 40.8. The fourth-order valence-corrected chi connectivity index (χ4v) is 20.2. The lowest BCUT2D eigenvalue weighted by atomic mass is 9.49. The van der Waals surface area contributed by atoms with E-state index >= 15 is 0 Å². The average molecular weight is 1910 g/mol. The number of benzene rings is 8. The number of carbonyl (C=O) groups is 2. The van der Waals surface area contributed by atoms with Crippen LogP contribution in [0.4, 0.5) is 0 Å². The number of allylic oxidation sites excluding steroid dienone is 2. The van der Waals surface area contributed by atoms with Crippen molar-refractivity contribution >= 4 is 11.8 Å². The van der Waals surface area contributed by atoms with Gasteiger partial charge in [0.2, 0.25) is 25.2 Å². The van der Waals surface area contributed by atoms with E-state index in [1.807, 2.05) is 93.8 Å². The molecule has 8 aromatic rings. The number of morpholine rings is 1. The minimum absolute atomic E-state index is 0.0851. The second-order valence-corrected chi connectivity index (χ2v) is 40.8. The number of nitrogens with zero attached hydrogens (tertiary/aromatic N) is 2. The molecule has 17 rings (SSSR count). The number of imide groups is 1. The van der Waals surface area contributed by atoms with Crippen LogP contribution in [0.1, 0.15) is 352 Å². The van der Waals surface area contributed by atoms with Gasteiger partial charge < -0.3 is 63.1 Å². The fourth-order valence-electron chi connectivity index (χ4n) is 20.2. The summed E-state index contributed by atoms with van der Waals surface area (Å²) < 4.78 is 54.2. The summed E-state index contributed by atoms with van der Waals surface area (Å²) in [6, 6.07) is 63.4. The first-order valence-corrected chi connectivity index (χ1v) is 53.1. The lowest BCUT2D eigenvalue weighted by Gasteiger charge is -2.58. The molecule has 0 aromatic heterocycles. The molecule has 17 heteroatoms. The Kier molecular flexibility index (Phi) is 47.9. The van der Waals surface area contributed by atoms with E-state index < -0.39 is 6.29 Å². The molecule has 0 radical (unpaired) electrons. The van der Waals surface area contributed by atoms with Gasteiger partial charge in [-0.15, -0.1) is 0 Å². The maximum atomic E-state index is 11.9. The summed E-state index contributed by atoms with van der Waals surface area (Å²) in [4.78, 5) is 27.3. The molecule has 0 spiro atoms. The van der Waals surface area contributed by atoms with E-state index in [1.54, 1.807) is 36.4 Å². The lowest BCUT2D eigenvalue weighted by Crippen LogP contribution is -2.53. The van der Waals surface area contributed by atoms with Gasteiger partial charge in [-0.1, -0.05) is 233 Å². The number of phenolic OH excluding ortho intramolecular Hbond substituents is 4. The topological polar surface area (TPSA) is 205 Å². The van der Waals surface area contributed by atoms with Gasteiger partial charge in [-0.25, -0.2) is 0 Å². The van der Waals surface area contributed by atoms with E-state index in [9.17, 15) is 9.59 Å². The quantitative estimate of drug-likeness (QED) is 0.0162. The van der Waals surface area contributed by atoms with Crippen LogP contribution < -0.4 is 18.9 Å². The molecular weight excluding hydrogens is 1730 g/mol. The third-order valence-electron chi connectivity index (χ3n) is 30.1. The van der Waals surface area contributed by atoms with Crippen LogP contribution in [0.3, 0.4) is 0 Å². The van der Waals surface area contributed by atoms with Gasteiger partial charge >= 0.3 is 0 Å². The molecule has 6 bridgehead atoms. The van der Waals surface area contributed by atoms with Gasteiger partial charge in [0.05, 0.1) is 38.5 Å². The fraction of sp³-hybridized carbons (Fsp3) is 0.557. The van der Waals surface area contributed by atoms with Crippen molar-refractivity contribution in [2.24, 2.45) is 40.9 Å². The van der Waals surface area contributed by atoms with Crippen molar-refractivity contribution in [1.82, 2.24) is 9.80 Å². The largest absolute Gasteiger partial charge is 0.508 e. The van der Waals surface area contributed by atoms with Crippen LogP contribution in [0.2, 0.25) is 0 Å². The molecule has 7 aliphatic carbocycles.